The van der Waals surface area contributed by atoms with E-state index < -0.39 is 0 Å². The van der Waals surface area contributed by atoms with Crippen molar-refractivity contribution < 1.29 is 9.47 Å². The fourth-order valence-corrected chi connectivity index (χ4v) is 3.32. The highest BCUT2D eigenvalue weighted by molar-refractivity contribution is 5.48. The molecule has 0 spiro atoms. The zero-order valence-corrected chi connectivity index (χ0v) is 13.5. The van der Waals surface area contributed by atoms with Crippen LogP contribution in [0.4, 0.5) is 0 Å². The van der Waals surface area contributed by atoms with Crippen molar-refractivity contribution in [3.63, 3.8) is 0 Å². The Bertz CT molecular complexity index is 442. The smallest absolute Gasteiger partial charge is 0.165 e. The molecule has 1 aliphatic heterocycles. The molecular formula is C17H28N2O2. The zero-order valence-electron chi connectivity index (χ0n) is 13.5. The van der Waals surface area contributed by atoms with Crippen LogP contribution in [0.5, 0.6) is 11.5 Å². The SMILES string of the molecule is CCC1CCN(C(CN)c2cccc(OC)c2OC)CC1. The summed E-state index contributed by atoms with van der Waals surface area (Å²) in [6.07, 6.45) is 3.81. The minimum atomic E-state index is 0.202. The molecule has 1 aromatic carbocycles. The van der Waals surface area contributed by atoms with Crippen LogP contribution < -0.4 is 15.2 Å². The molecule has 1 heterocycles. The number of nitrogens with two attached hydrogens (primary N) is 1. The van der Waals surface area contributed by atoms with E-state index in [1.807, 2.05) is 12.1 Å². The number of likely N-dealkylation sites (tertiary alicyclic amines) is 1. The average molecular weight is 292 g/mol. The summed E-state index contributed by atoms with van der Waals surface area (Å²) in [6.45, 7) is 5.10. The van der Waals surface area contributed by atoms with Gasteiger partial charge in [0.2, 0.25) is 0 Å². The van der Waals surface area contributed by atoms with Crippen LogP contribution in [0.1, 0.15) is 37.8 Å². The van der Waals surface area contributed by atoms with Gasteiger partial charge in [-0.25, -0.2) is 0 Å². The molecule has 1 saturated heterocycles. The van der Waals surface area contributed by atoms with Crippen LogP contribution >= 0.6 is 0 Å². The number of benzene rings is 1. The van der Waals surface area contributed by atoms with E-state index in [-0.39, 0.29) is 6.04 Å². The lowest BCUT2D eigenvalue weighted by molar-refractivity contribution is 0.132. The molecule has 1 fully saturated rings. The van der Waals surface area contributed by atoms with Crippen LogP contribution in [-0.4, -0.2) is 38.8 Å². The number of para-hydroxylation sites is 1. The van der Waals surface area contributed by atoms with Gasteiger partial charge in [-0.1, -0.05) is 25.5 Å². The third-order valence-electron chi connectivity index (χ3n) is 4.68. The Hall–Kier alpha value is -1.26. The predicted octanol–water partition coefficient (Wildman–Crippen LogP) is 2.83. The largest absolute Gasteiger partial charge is 0.493 e. The highest BCUT2D eigenvalue weighted by Crippen LogP contribution is 2.37. The van der Waals surface area contributed by atoms with E-state index in [4.69, 9.17) is 15.2 Å². The molecule has 1 atom stereocenters. The molecule has 4 nitrogen and oxygen atoms in total. The third kappa shape index (κ3) is 3.50. The zero-order chi connectivity index (χ0) is 15.2. The molecule has 0 bridgehead atoms. The van der Waals surface area contributed by atoms with E-state index in [0.29, 0.717) is 6.54 Å². The van der Waals surface area contributed by atoms with Crippen LogP contribution in [0.2, 0.25) is 0 Å². The summed E-state index contributed by atoms with van der Waals surface area (Å²) in [5, 5.41) is 0. The Labute approximate surface area is 128 Å². The second-order valence-corrected chi connectivity index (χ2v) is 5.72. The van der Waals surface area contributed by atoms with Gasteiger partial charge < -0.3 is 15.2 Å². The fourth-order valence-electron chi connectivity index (χ4n) is 3.32. The minimum Gasteiger partial charge on any atom is -0.493 e. The fraction of sp³-hybridized carbons (Fsp3) is 0.647. The summed E-state index contributed by atoms with van der Waals surface area (Å²) in [6, 6.07) is 6.25. The highest BCUT2D eigenvalue weighted by Gasteiger charge is 2.27. The summed E-state index contributed by atoms with van der Waals surface area (Å²) >= 11 is 0. The molecule has 1 aliphatic rings. The molecule has 2 N–H and O–H groups in total. The minimum absolute atomic E-state index is 0.202. The monoisotopic (exact) mass is 292 g/mol. The van der Waals surface area contributed by atoms with Crippen LogP contribution in [0.3, 0.4) is 0 Å². The summed E-state index contributed by atoms with van der Waals surface area (Å²) in [5.41, 5.74) is 7.21. The Morgan fingerprint density at radius 2 is 1.95 bits per heavy atom. The van der Waals surface area contributed by atoms with E-state index >= 15 is 0 Å². The number of hydrogen-bond donors (Lipinski definition) is 1. The van der Waals surface area contributed by atoms with Crippen molar-refractivity contribution >= 4 is 0 Å². The Balaban J connectivity index is 2.22. The van der Waals surface area contributed by atoms with E-state index in [0.717, 1.165) is 36.1 Å². The van der Waals surface area contributed by atoms with E-state index in [2.05, 4.69) is 17.9 Å². The quantitative estimate of drug-likeness (QED) is 0.876. The van der Waals surface area contributed by atoms with Crippen molar-refractivity contribution in [3.05, 3.63) is 23.8 Å². The van der Waals surface area contributed by atoms with Gasteiger partial charge in [0.15, 0.2) is 11.5 Å². The lowest BCUT2D eigenvalue weighted by Crippen LogP contribution is -2.39. The van der Waals surface area contributed by atoms with Crippen molar-refractivity contribution in [3.8, 4) is 11.5 Å². The maximum Gasteiger partial charge on any atom is 0.165 e. The number of piperidine rings is 1. The molecule has 0 radical (unpaired) electrons. The van der Waals surface area contributed by atoms with E-state index in [1.54, 1.807) is 14.2 Å². The predicted molar refractivity (Wildman–Crippen MR) is 85.9 cm³/mol. The molecular weight excluding hydrogens is 264 g/mol. The molecule has 2 rings (SSSR count). The van der Waals surface area contributed by atoms with Crippen molar-refractivity contribution in [2.45, 2.75) is 32.2 Å². The van der Waals surface area contributed by atoms with Crippen molar-refractivity contribution in [2.75, 3.05) is 33.9 Å². The van der Waals surface area contributed by atoms with Gasteiger partial charge in [0.25, 0.3) is 0 Å². The molecule has 0 saturated carbocycles. The maximum atomic E-state index is 6.08. The molecule has 0 aromatic heterocycles. The first kappa shape index (κ1) is 16.1. The van der Waals surface area contributed by atoms with Crippen molar-refractivity contribution in [2.24, 2.45) is 11.7 Å². The number of rotatable bonds is 6. The van der Waals surface area contributed by atoms with Crippen molar-refractivity contribution in [1.82, 2.24) is 4.90 Å². The van der Waals surface area contributed by atoms with Crippen LogP contribution in [0.15, 0.2) is 18.2 Å². The molecule has 1 unspecified atom stereocenters. The Morgan fingerprint density at radius 3 is 2.48 bits per heavy atom. The van der Waals surface area contributed by atoms with Gasteiger partial charge in [-0.05, 0) is 37.9 Å². The van der Waals surface area contributed by atoms with Gasteiger partial charge in [0.05, 0.1) is 20.3 Å². The number of methoxy groups -OCH3 is 2. The summed E-state index contributed by atoms with van der Waals surface area (Å²) in [4.78, 5) is 2.49. The lowest BCUT2D eigenvalue weighted by Gasteiger charge is -2.37. The summed E-state index contributed by atoms with van der Waals surface area (Å²) in [7, 11) is 3.37. The van der Waals surface area contributed by atoms with Crippen LogP contribution in [0.25, 0.3) is 0 Å². The molecule has 4 heteroatoms. The number of nitrogens with zero attached hydrogens (tertiary/aromatic N) is 1. The molecule has 118 valence electrons. The van der Waals surface area contributed by atoms with Crippen LogP contribution in [0, 0.1) is 5.92 Å². The Kier molecular flexibility index (Phi) is 5.88. The first-order valence-corrected chi connectivity index (χ1v) is 7.90. The lowest BCUT2D eigenvalue weighted by atomic mass is 9.92. The highest BCUT2D eigenvalue weighted by atomic mass is 16.5. The number of ether oxygens (including phenoxy) is 2. The first-order chi connectivity index (χ1) is 10.2. The van der Waals surface area contributed by atoms with E-state index in [1.165, 1.54) is 19.3 Å². The molecule has 21 heavy (non-hydrogen) atoms. The second kappa shape index (κ2) is 7.66. The van der Waals surface area contributed by atoms with Gasteiger partial charge >= 0.3 is 0 Å². The third-order valence-corrected chi connectivity index (χ3v) is 4.68. The van der Waals surface area contributed by atoms with Crippen LogP contribution in [-0.2, 0) is 0 Å². The van der Waals surface area contributed by atoms with Gasteiger partial charge in [0.1, 0.15) is 0 Å². The maximum absolute atomic E-state index is 6.08. The van der Waals surface area contributed by atoms with Gasteiger partial charge in [0, 0.05) is 12.1 Å². The normalized spacial score (nSPS) is 18.5. The Morgan fingerprint density at radius 1 is 1.24 bits per heavy atom. The molecule has 0 amide bonds. The van der Waals surface area contributed by atoms with Gasteiger partial charge in [-0.2, -0.15) is 0 Å². The average Bonchev–Trinajstić information content (AvgIpc) is 2.55. The van der Waals surface area contributed by atoms with Gasteiger partial charge in [-0.15, -0.1) is 0 Å². The van der Waals surface area contributed by atoms with Crippen molar-refractivity contribution in [1.29, 1.82) is 0 Å². The van der Waals surface area contributed by atoms with Gasteiger partial charge in [-0.3, -0.25) is 4.90 Å². The topological polar surface area (TPSA) is 47.7 Å². The summed E-state index contributed by atoms with van der Waals surface area (Å²) < 4.78 is 11.0. The number of hydrogen-bond acceptors (Lipinski definition) is 4. The second-order valence-electron chi connectivity index (χ2n) is 5.72. The summed E-state index contributed by atoms with van der Waals surface area (Å²) in [5.74, 6) is 2.46. The first-order valence-electron chi connectivity index (χ1n) is 7.90. The molecule has 0 aliphatic carbocycles. The molecule has 1 aromatic rings. The van der Waals surface area contributed by atoms with E-state index in [9.17, 15) is 0 Å². The standard InChI is InChI=1S/C17H28N2O2/c1-4-13-8-10-19(11-9-13)15(12-18)14-6-5-7-16(20-2)17(14)21-3/h5-7,13,15H,4,8-12,18H2,1-3H3.